The van der Waals surface area contributed by atoms with Crippen molar-refractivity contribution in [1.82, 2.24) is 20.4 Å². The van der Waals surface area contributed by atoms with Gasteiger partial charge in [-0.15, -0.1) is 12.4 Å². The zero-order chi connectivity index (χ0) is 15.8. The first-order chi connectivity index (χ1) is 11.2. The predicted molar refractivity (Wildman–Crippen MR) is 96.0 cm³/mol. The van der Waals surface area contributed by atoms with Gasteiger partial charge < -0.3 is 10.6 Å². The van der Waals surface area contributed by atoms with Gasteiger partial charge in [0.05, 0.1) is 16.9 Å². The third-order valence-electron chi connectivity index (χ3n) is 4.97. The van der Waals surface area contributed by atoms with Crippen molar-refractivity contribution in [1.29, 1.82) is 0 Å². The second kappa shape index (κ2) is 6.95. The molecule has 128 valence electrons. The fourth-order valence-electron chi connectivity index (χ4n) is 3.83. The number of aromatic nitrogens is 2. The summed E-state index contributed by atoms with van der Waals surface area (Å²) in [7, 11) is 0. The molecule has 6 heteroatoms. The van der Waals surface area contributed by atoms with Crippen molar-refractivity contribution >= 4 is 18.3 Å². The first-order valence-electron chi connectivity index (χ1n) is 8.37. The van der Waals surface area contributed by atoms with Gasteiger partial charge in [-0.05, 0) is 44.7 Å². The zero-order valence-corrected chi connectivity index (χ0v) is 14.6. The number of aryl methyl sites for hydroxylation is 1. The number of hydrogen-bond donors (Lipinski definition) is 2. The number of nitrogens with one attached hydrogen (secondary N) is 2. The van der Waals surface area contributed by atoms with Gasteiger partial charge in [-0.25, -0.2) is 4.68 Å². The fourth-order valence-corrected chi connectivity index (χ4v) is 3.83. The average Bonchev–Trinajstić information content (AvgIpc) is 3.11. The lowest BCUT2D eigenvalue weighted by atomic mass is 9.99. The maximum atomic E-state index is 12.6. The number of halogens is 1. The van der Waals surface area contributed by atoms with Crippen LogP contribution in [0.3, 0.4) is 0 Å². The van der Waals surface area contributed by atoms with Crippen molar-refractivity contribution in [3.63, 3.8) is 0 Å². The molecule has 2 unspecified atom stereocenters. The van der Waals surface area contributed by atoms with Crippen molar-refractivity contribution in [2.75, 3.05) is 0 Å². The maximum absolute atomic E-state index is 12.6. The summed E-state index contributed by atoms with van der Waals surface area (Å²) >= 11 is 0. The molecule has 2 N–H and O–H groups in total. The molecule has 2 fully saturated rings. The van der Waals surface area contributed by atoms with Crippen LogP contribution in [-0.2, 0) is 0 Å². The highest BCUT2D eigenvalue weighted by molar-refractivity contribution is 5.95. The van der Waals surface area contributed by atoms with Crippen molar-refractivity contribution in [3.8, 4) is 5.69 Å². The van der Waals surface area contributed by atoms with Crippen LogP contribution in [0.4, 0.5) is 0 Å². The Morgan fingerprint density at radius 1 is 1.21 bits per heavy atom. The van der Waals surface area contributed by atoms with E-state index in [1.165, 1.54) is 12.8 Å². The second-order valence-corrected chi connectivity index (χ2v) is 6.69. The lowest BCUT2D eigenvalue weighted by molar-refractivity contribution is 0.0923. The Hall–Kier alpha value is -1.85. The maximum Gasteiger partial charge on any atom is 0.254 e. The van der Waals surface area contributed by atoms with Gasteiger partial charge in [0, 0.05) is 24.3 Å². The number of carbonyl (C=O) groups excluding carboxylic acids is 1. The Morgan fingerprint density at radius 2 is 1.88 bits per heavy atom. The van der Waals surface area contributed by atoms with Gasteiger partial charge in [-0.1, -0.05) is 18.2 Å². The summed E-state index contributed by atoms with van der Waals surface area (Å²) in [5.74, 6) is -0.00372. The van der Waals surface area contributed by atoms with Crippen LogP contribution in [0.25, 0.3) is 5.69 Å². The van der Waals surface area contributed by atoms with Gasteiger partial charge in [0.25, 0.3) is 5.91 Å². The molecule has 24 heavy (non-hydrogen) atoms. The number of rotatable bonds is 3. The Balaban J connectivity index is 0.00000169. The van der Waals surface area contributed by atoms with E-state index in [-0.39, 0.29) is 24.4 Å². The number of piperidine rings is 1. The van der Waals surface area contributed by atoms with Crippen LogP contribution in [-0.4, -0.2) is 33.8 Å². The highest BCUT2D eigenvalue weighted by Crippen LogP contribution is 2.27. The quantitative estimate of drug-likeness (QED) is 0.898. The smallest absolute Gasteiger partial charge is 0.254 e. The summed E-state index contributed by atoms with van der Waals surface area (Å²) in [5.41, 5.74) is 2.40. The number of para-hydroxylation sites is 1. The molecule has 4 rings (SSSR count). The van der Waals surface area contributed by atoms with E-state index in [0.717, 1.165) is 24.2 Å². The van der Waals surface area contributed by atoms with Gasteiger partial charge in [-0.3, -0.25) is 4.79 Å². The van der Waals surface area contributed by atoms with E-state index >= 15 is 0 Å². The van der Waals surface area contributed by atoms with Crippen LogP contribution in [0.1, 0.15) is 41.7 Å². The van der Waals surface area contributed by atoms with Crippen LogP contribution < -0.4 is 10.6 Å². The molecule has 5 nitrogen and oxygen atoms in total. The summed E-state index contributed by atoms with van der Waals surface area (Å²) in [4.78, 5) is 12.6. The molecule has 2 aliphatic heterocycles. The van der Waals surface area contributed by atoms with Crippen LogP contribution in [0.15, 0.2) is 36.5 Å². The third-order valence-corrected chi connectivity index (χ3v) is 4.97. The minimum absolute atomic E-state index is 0. The Kier molecular flexibility index (Phi) is 4.92. The van der Waals surface area contributed by atoms with Gasteiger partial charge in [0.2, 0.25) is 0 Å². The molecule has 2 aromatic rings. The summed E-state index contributed by atoms with van der Waals surface area (Å²) in [6.45, 7) is 1.89. The van der Waals surface area contributed by atoms with Gasteiger partial charge in [0.15, 0.2) is 0 Å². The highest BCUT2D eigenvalue weighted by atomic mass is 35.5. The molecular formula is C18H23ClN4O. The highest BCUT2D eigenvalue weighted by Gasteiger charge is 2.34. The van der Waals surface area contributed by atoms with E-state index in [1.54, 1.807) is 4.68 Å². The third kappa shape index (κ3) is 3.32. The summed E-state index contributed by atoms with van der Waals surface area (Å²) < 4.78 is 1.77. The summed E-state index contributed by atoms with van der Waals surface area (Å²) in [6, 6.07) is 11.3. The van der Waals surface area contributed by atoms with Crippen LogP contribution in [0.5, 0.6) is 0 Å². The minimum Gasteiger partial charge on any atom is -0.349 e. The second-order valence-electron chi connectivity index (χ2n) is 6.69. The summed E-state index contributed by atoms with van der Waals surface area (Å²) in [6.07, 6.45) is 6.38. The molecule has 0 aliphatic carbocycles. The largest absolute Gasteiger partial charge is 0.349 e. The van der Waals surface area contributed by atoms with Crippen LogP contribution >= 0.6 is 12.4 Å². The zero-order valence-electron chi connectivity index (χ0n) is 13.7. The minimum atomic E-state index is -0.00372. The van der Waals surface area contributed by atoms with E-state index in [2.05, 4.69) is 15.7 Å². The van der Waals surface area contributed by atoms with E-state index in [0.29, 0.717) is 17.6 Å². The van der Waals surface area contributed by atoms with Crippen molar-refractivity contribution in [2.45, 2.75) is 50.7 Å². The number of benzene rings is 1. The molecule has 2 saturated heterocycles. The Morgan fingerprint density at radius 3 is 2.54 bits per heavy atom. The lowest BCUT2D eigenvalue weighted by Gasteiger charge is -2.29. The van der Waals surface area contributed by atoms with Crippen LogP contribution in [0, 0.1) is 6.92 Å². The number of hydrogen-bond acceptors (Lipinski definition) is 3. The fraction of sp³-hybridized carbons (Fsp3) is 0.444. The molecular weight excluding hydrogens is 324 g/mol. The Labute approximate surface area is 148 Å². The van der Waals surface area contributed by atoms with Crippen LogP contribution in [0.2, 0.25) is 0 Å². The first kappa shape index (κ1) is 17.0. The van der Waals surface area contributed by atoms with E-state index in [9.17, 15) is 4.79 Å². The Bertz CT molecular complexity index is 703. The van der Waals surface area contributed by atoms with E-state index in [1.807, 2.05) is 43.5 Å². The predicted octanol–water partition coefficient (Wildman–Crippen LogP) is 2.62. The molecule has 1 aromatic heterocycles. The van der Waals surface area contributed by atoms with Gasteiger partial charge >= 0.3 is 0 Å². The molecule has 0 saturated carbocycles. The average molecular weight is 347 g/mol. The van der Waals surface area contributed by atoms with Crippen molar-refractivity contribution in [2.24, 2.45) is 0 Å². The van der Waals surface area contributed by atoms with E-state index < -0.39 is 0 Å². The molecule has 2 aliphatic rings. The number of nitrogens with zero attached hydrogens (tertiary/aromatic N) is 2. The molecule has 1 amide bonds. The molecule has 3 heterocycles. The molecule has 0 radical (unpaired) electrons. The number of fused-ring (bicyclic) bond motifs is 2. The topological polar surface area (TPSA) is 59.0 Å². The van der Waals surface area contributed by atoms with Crippen molar-refractivity contribution in [3.05, 3.63) is 47.8 Å². The lowest BCUT2D eigenvalue weighted by Crippen LogP contribution is -2.48. The van der Waals surface area contributed by atoms with E-state index in [4.69, 9.17) is 0 Å². The molecule has 2 bridgehead atoms. The SMILES string of the molecule is Cc1nn(-c2ccccc2)cc1C(=O)NC1CC2CCC(C1)N2.Cl. The number of carbonyl (C=O) groups is 1. The number of amides is 1. The van der Waals surface area contributed by atoms with Gasteiger partial charge in [-0.2, -0.15) is 5.10 Å². The summed E-state index contributed by atoms with van der Waals surface area (Å²) in [5, 5.41) is 11.3. The molecule has 1 aromatic carbocycles. The standard InChI is InChI=1S/C18H22N4O.ClH/c1-12-17(11-22(21-12)16-5-3-2-4-6-16)18(23)20-15-9-13-7-8-14(10-15)19-13;/h2-6,11,13-15,19H,7-10H2,1H3,(H,20,23);1H. The first-order valence-corrected chi connectivity index (χ1v) is 8.37. The normalized spacial score (nSPS) is 25.1. The van der Waals surface area contributed by atoms with Crippen molar-refractivity contribution < 1.29 is 4.79 Å². The monoisotopic (exact) mass is 346 g/mol. The molecule has 0 spiro atoms. The van der Waals surface area contributed by atoms with Gasteiger partial charge in [0.1, 0.15) is 0 Å². The molecule has 2 atom stereocenters.